The molecule has 20 heavy (non-hydrogen) atoms. The summed E-state index contributed by atoms with van der Waals surface area (Å²) in [6.07, 6.45) is 0.523. The lowest BCUT2D eigenvalue weighted by atomic mass is 10.1. The van der Waals surface area contributed by atoms with Gasteiger partial charge in [-0.25, -0.2) is 4.39 Å². The van der Waals surface area contributed by atoms with Crippen LogP contribution in [0.2, 0.25) is 0 Å². The monoisotopic (exact) mass is 281 g/mol. The number of likely N-dealkylation sites (tertiary alicyclic amines) is 1. The molecule has 1 aliphatic heterocycles. The van der Waals surface area contributed by atoms with Gasteiger partial charge in [0, 0.05) is 13.1 Å². The number of methoxy groups -OCH3 is 2. The molecule has 0 aliphatic carbocycles. The molecular formula is C14H16FNO4. The molecule has 5 nitrogen and oxygen atoms in total. The quantitative estimate of drug-likeness (QED) is 0.787. The first-order valence-electron chi connectivity index (χ1n) is 6.28. The summed E-state index contributed by atoms with van der Waals surface area (Å²) < 4.78 is 23.5. The Morgan fingerprint density at radius 2 is 2.10 bits per heavy atom. The maximum absolute atomic E-state index is 13.8. The van der Waals surface area contributed by atoms with Gasteiger partial charge >= 0.3 is 5.97 Å². The van der Waals surface area contributed by atoms with E-state index in [9.17, 15) is 14.0 Å². The zero-order valence-electron chi connectivity index (χ0n) is 11.4. The Morgan fingerprint density at radius 3 is 2.75 bits per heavy atom. The molecule has 0 saturated carbocycles. The van der Waals surface area contributed by atoms with Gasteiger partial charge in [-0.3, -0.25) is 9.59 Å². The third-order valence-corrected chi connectivity index (χ3v) is 3.42. The standard InChI is InChI=1S/C14H16FNO4/c1-19-11-5-3-4-10(15)12(11)13(17)16-7-6-9(8-16)14(18)20-2/h3-5,9H,6-8H2,1-2H3. The van der Waals surface area contributed by atoms with Gasteiger partial charge < -0.3 is 14.4 Å². The largest absolute Gasteiger partial charge is 0.496 e. The van der Waals surface area contributed by atoms with Crippen LogP contribution in [0.1, 0.15) is 16.8 Å². The smallest absolute Gasteiger partial charge is 0.310 e. The summed E-state index contributed by atoms with van der Waals surface area (Å²) >= 11 is 0. The van der Waals surface area contributed by atoms with E-state index in [1.54, 1.807) is 0 Å². The predicted molar refractivity (Wildman–Crippen MR) is 69.0 cm³/mol. The predicted octanol–water partition coefficient (Wildman–Crippen LogP) is 1.47. The highest BCUT2D eigenvalue weighted by atomic mass is 19.1. The van der Waals surface area contributed by atoms with Crippen molar-refractivity contribution < 1.29 is 23.5 Å². The minimum Gasteiger partial charge on any atom is -0.496 e. The highest BCUT2D eigenvalue weighted by Gasteiger charge is 2.34. The molecule has 1 heterocycles. The lowest BCUT2D eigenvalue weighted by Gasteiger charge is -2.18. The van der Waals surface area contributed by atoms with E-state index in [1.165, 1.54) is 37.3 Å². The molecule has 0 N–H and O–H groups in total. The summed E-state index contributed by atoms with van der Waals surface area (Å²) in [4.78, 5) is 25.3. The first-order chi connectivity index (χ1) is 9.58. The van der Waals surface area contributed by atoms with Crippen molar-refractivity contribution >= 4 is 11.9 Å². The van der Waals surface area contributed by atoms with Crippen LogP contribution < -0.4 is 4.74 Å². The Balaban J connectivity index is 2.19. The number of benzene rings is 1. The summed E-state index contributed by atoms with van der Waals surface area (Å²) in [7, 11) is 2.69. The molecule has 1 saturated heterocycles. The Kier molecular flexibility index (Phi) is 4.22. The summed E-state index contributed by atoms with van der Waals surface area (Å²) in [5.41, 5.74) is -0.0967. The van der Waals surface area contributed by atoms with E-state index < -0.39 is 11.7 Å². The normalized spacial score (nSPS) is 17.9. The third-order valence-electron chi connectivity index (χ3n) is 3.42. The van der Waals surface area contributed by atoms with Gasteiger partial charge in [0.25, 0.3) is 5.91 Å². The van der Waals surface area contributed by atoms with E-state index >= 15 is 0 Å². The minimum atomic E-state index is -0.629. The second-order valence-corrected chi connectivity index (χ2v) is 4.58. The number of esters is 1. The highest BCUT2D eigenvalue weighted by molar-refractivity contribution is 5.97. The average Bonchev–Trinajstić information content (AvgIpc) is 2.95. The van der Waals surface area contributed by atoms with E-state index in [0.717, 1.165) is 0 Å². The molecule has 1 aliphatic rings. The highest BCUT2D eigenvalue weighted by Crippen LogP contribution is 2.26. The number of carbonyl (C=O) groups is 2. The fourth-order valence-corrected chi connectivity index (χ4v) is 2.34. The molecule has 0 bridgehead atoms. The van der Waals surface area contributed by atoms with Gasteiger partial charge in [0.05, 0.1) is 20.1 Å². The number of nitrogens with zero attached hydrogens (tertiary/aromatic N) is 1. The summed E-state index contributed by atoms with van der Waals surface area (Å²) in [5.74, 6) is -1.60. The van der Waals surface area contributed by atoms with Crippen molar-refractivity contribution in [2.75, 3.05) is 27.3 Å². The van der Waals surface area contributed by atoms with Crippen molar-refractivity contribution in [2.45, 2.75) is 6.42 Å². The van der Waals surface area contributed by atoms with E-state index in [2.05, 4.69) is 4.74 Å². The molecule has 108 valence electrons. The molecule has 6 heteroatoms. The van der Waals surface area contributed by atoms with E-state index in [4.69, 9.17) is 4.74 Å². The molecular weight excluding hydrogens is 265 g/mol. The van der Waals surface area contributed by atoms with Crippen LogP contribution in [0, 0.1) is 11.7 Å². The molecule has 0 spiro atoms. The number of ether oxygens (including phenoxy) is 2. The third kappa shape index (κ3) is 2.59. The first kappa shape index (κ1) is 14.3. The molecule has 0 radical (unpaired) electrons. The average molecular weight is 281 g/mol. The Labute approximate surface area is 116 Å². The first-order valence-corrected chi connectivity index (χ1v) is 6.28. The number of hydrogen-bond acceptors (Lipinski definition) is 4. The van der Waals surface area contributed by atoms with Gasteiger partial charge in [0.1, 0.15) is 17.1 Å². The Bertz CT molecular complexity index is 532. The van der Waals surface area contributed by atoms with Crippen LogP contribution in [0.15, 0.2) is 18.2 Å². The second kappa shape index (κ2) is 5.90. The molecule has 1 aromatic carbocycles. The SMILES string of the molecule is COC(=O)C1CCN(C(=O)c2c(F)cccc2OC)C1. The Hall–Kier alpha value is -2.11. The molecule has 1 fully saturated rings. The maximum atomic E-state index is 13.8. The molecule has 1 unspecified atom stereocenters. The fourth-order valence-electron chi connectivity index (χ4n) is 2.34. The summed E-state index contributed by atoms with van der Waals surface area (Å²) in [6, 6.07) is 4.22. The van der Waals surface area contributed by atoms with Gasteiger partial charge in [0.2, 0.25) is 0 Å². The van der Waals surface area contributed by atoms with Crippen molar-refractivity contribution in [1.29, 1.82) is 0 Å². The van der Waals surface area contributed by atoms with Crippen molar-refractivity contribution in [1.82, 2.24) is 4.90 Å². The number of carbonyl (C=O) groups excluding carboxylic acids is 2. The maximum Gasteiger partial charge on any atom is 0.310 e. The number of halogens is 1. The molecule has 1 amide bonds. The molecule has 0 aromatic heterocycles. The fraction of sp³-hybridized carbons (Fsp3) is 0.429. The van der Waals surface area contributed by atoms with Gasteiger partial charge in [0.15, 0.2) is 0 Å². The van der Waals surface area contributed by atoms with Crippen LogP contribution in [-0.2, 0) is 9.53 Å². The zero-order chi connectivity index (χ0) is 14.7. The van der Waals surface area contributed by atoms with Crippen LogP contribution in [0.5, 0.6) is 5.75 Å². The van der Waals surface area contributed by atoms with E-state index in [-0.39, 0.29) is 29.7 Å². The summed E-state index contributed by atoms with van der Waals surface area (Å²) in [5, 5.41) is 0. The number of hydrogen-bond donors (Lipinski definition) is 0. The number of rotatable bonds is 3. The van der Waals surface area contributed by atoms with Gasteiger partial charge in [-0.05, 0) is 18.6 Å². The Morgan fingerprint density at radius 1 is 1.35 bits per heavy atom. The number of amides is 1. The van der Waals surface area contributed by atoms with Crippen LogP contribution in [0.25, 0.3) is 0 Å². The van der Waals surface area contributed by atoms with Crippen molar-refractivity contribution in [3.8, 4) is 5.75 Å². The molecule has 2 rings (SSSR count). The van der Waals surface area contributed by atoms with Crippen LogP contribution in [-0.4, -0.2) is 44.1 Å². The lowest BCUT2D eigenvalue weighted by Crippen LogP contribution is -2.31. The lowest BCUT2D eigenvalue weighted by molar-refractivity contribution is -0.144. The van der Waals surface area contributed by atoms with Crippen LogP contribution >= 0.6 is 0 Å². The topological polar surface area (TPSA) is 55.8 Å². The minimum absolute atomic E-state index is 0.0967. The van der Waals surface area contributed by atoms with E-state index in [0.29, 0.717) is 13.0 Å². The van der Waals surface area contributed by atoms with Crippen molar-refractivity contribution in [2.24, 2.45) is 5.92 Å². The molecule has 1 atom stereocenters. The van der Waals surface area contributed by atoms with E-state index in [1.807, 2.05) is 0 Å². The van der Waals surface area contributed by atoms with Crippen LogP contribution in [0.4, 0.5) is 4.39 Å². The van der Waals surface area contributed by atoms with Gasteiger partial charge in [-0.2, -0.15) is 0 Å². The summed E-state index contributed by atoms with van der Waals surface area (Å²) in [6.45, 7) is 0.638. The van der Waals surface area contributed by atoms with Crippen molar-refractivity contribution in [3.63, 3.8) is 0 Å². The second-order valence-electron chi connectivity index (χ2n) is 4.58. The zero-order valence-corrected chi connectivity index (χ0v) is 11.4. The van der Waals surface area contributed by atoms with Gasteiger partial charge in [-0.1, -0.05) is 6.07 Å². The molecule has 1 aromatic rings. The van der Waals surface area contributed by atoms with Crippen molar-refractivity contribution in [3.05, 3.63) is 29.6 Å². The van der Waals surface area contributed by atoms with Gasteiger partial charge in [-0.15, -0.1) is 0 Å². The van der Waals surface area contributed by atoms with Crippen LogP contribution in [0.3, 0.4) is 0 Å².